The van der Waals surface area contributed by atoms with Crippen LogP contribution in [0.2, 0.25) is 0 Å². The van der Waals surface area contributed by atoms with Gasteiger partial charge < -0.3 is 15.0 Å². The van der Waals surface area contributed by atoms with Crippen LogP contribution in [-0.2, 0) is 18.0 Å². The highest BCUT2D eigenvalue weighted by atomic mass is 19.4. The van der Waals surface area contributed by atoms with E-state index in [9.17, 15) is 13.2 Å². The van der Waals surface area contributed by atoms with Crippen molar-refractivity contribution in [3.8, 4) is 11.3 Å². The zero-order valence-electron chi connectivity index (χ0n) is 20.3. The Morgan fingerprint density at radius 2 is 1.92 bits per heavy atom. The summed E-state index contributed by atoms with van der Waals surface area (Å²) in [6.07, 6.45) is 1.38. The summed E-state index contributed by atoms with van der Waals surface area (Å²) in [5, 5.41) is 16.5. The molecule has 1 aromatic carbocycles. The Kier molecular flexibility index (Phi) is 6.11. The highest BCUT2D eigenvalue weighted by molar-refractivity contribution is 5.83. The molecule has 7 nitrogen and oxygen atoms in total. The van der Waals surface area contributed by atoms with Crippen molar-refractivity contribution in [2.45, 2.75) is 37.9 Å². The van der Waals surface area contributed by atoms with Crippen LogP contribution in [-0.4, -0.2) is 63.8 Å². The summed E-state index contributed by atoms with van der Waals surface area (Å²) in [5.41, 5.74) is 0.791. The third-order valence-corrected chi connectivity index (χ3v) is 7.95. The van der Waals surface area contributed by atoms with Crippen LogP contribution in [0.1, 0.15) is 31.2 Å². The summed E-state index contributed by atoms with van der Waals surface area (Å²) in [6, 6.07) is 6.40. The SMILES string of the molecule is Cn1cc2cc(-c3cc(C(F)(F)F)c(NC4CC5CN(CC6CCCOC6)CC5C4)nn3)ccc2n1. The van der Waals surface area contributed by atoms with E-state index in [0.29, 0.717) is 23.3 Å². The predicted octanol–water partition coefficient (Wildman–Crippen LogP) is 4.60. The minimum absolute atomic E-state index is 0.0202. The van der Waals surface area contributed by atoms with E-state index in [1.165, 1.54) is 6.42 Å². The van der Waals surface area contributed by atoms with Gasteiger partial charge in [-0.2, -0.15) is 18.3 Å². The second-order valence-electron chi connectivity index (χ2n) is 10.7. The number of nitrogens with zero attached hydrogens (tertiary/aromatic N) is 5. The van der Waals surface area contributed by atoms with Gasteiger partial charge in [-0.3, -0.25) is 4.68 Å². The minimum atomic E-state index is -4.53. The number of ether oxygens (including phenoxy) is 1. The lowest BCUT2D eigenvalue weighted by molar-refractivity contribution is -0.137. The number of halogens is 3. The number of alkyl halides is 3. The fraction of sp³-hybridized carbons (Fsp3) is 0.577. The topological polar surface area (TPSA) is 68.1 Å². The van der Waals surface area contributed by atoms with Crippen molar-refractivity contribution < 1.29 is 17.9 Å². The maximum Gasteiger partial charge on any atom is 0.420 e. The second kappa shape index (κ2) is 9.30. The van der Waals surface area contributed by atoms with Crippen LogP contribution >= 0.6 is 0 Å². The van der Waals surface area contributed by atoms with Gasteiger partial charge in [0.15, 0.2) is 5.82 Å². The summed E-state index contributed by atoms with van der Waals surface area (Å²) in [7, 11) is 1.81. The molecule has 10 heteroatoms. The molecule has 4 heterocycles. The number of fused-ring (bicyclic) bond motifs is 2. The number of hydrogen-bond donors (Lipinski definition) is 1. The summed E-state index contributed by atoms with van der Waals surface area (Å²) in [6.45, 7) is 4.83. The van der Waals surface area contributed by atoms with Crippen LogP contribution in [0.4, 0.5) is 19.0 Å². The standard InChI is InChI=1S/C26H31F3N6O/c1-34-12-20-7-17(4-5-23(20)33-34)24-10-22(26(27,28)29)25(32-31-24)30-21-8-18-13-35(14-19(18)9-21)11-16-3-2-6-36-15-16/h4-5,7,10,12,16,18-19,21H,2-3,6,8-9,11,13-15H2,1H3,(H,30,32). The largest absolute Gasteiger partial charge is 0.420 e. The van der Waals surface area contributed by atoms with Gasteiger partial charge in [-0.15, -0.1) is 10.2 Å². The molecule has 0 bridgehead atoms. The average Bonchev–Trinajstić information content (AvgIpc) is 3.50. The number of anilines is 1. The van der Waals surface area contributed by atoms with E-state index in [1.54, 1.807) is 22.9 Å². The average molecular weight is 501 g/mol. The van der Waals surface area contributed by atoms with Crippen LogP contribution in [0.25, 0.3) is 22.2 Å². The lowest BCUT2D eigenvalue weighted by Crippen LogP contribution is -2.33. The molecule has 0 radical (unpaired) electrons. The van der Waals surface area contributed by atoms with Crippen molar-refractivity contribution in [3.63, 3.8) is 0 Å². The Labute approximate surface area is 208 Å². The molecule has 6 rings (SSSR count). The first-order valence-electron chi connectivity index (χ1n) is 12.8. The number of benzene rings is 1. The fourth-order valence-electron chi connectivity index (χ4n) is 6.34. The third kappa shape index (κ3) is 4.80. The first-order valence-corrected chi connectivity index (χ1v) is 12.8. The van der Waals surface area contributed by atoms with Gasteiger partial charge >= 0.3 is 6.18 Å². The molecule has 0 amide bonds. The van der Waals surface area contributed by atoms with E-state index in [-0.39, 0.29) is 17.6 Å². The molecule has 1 aliphatic carbocycles. The van der Waals surface area contributed by atoms with Crippen molar-refractivity contribution in [2.24, 2.45) is 24.8 Å². The molecule has 3 unspecified atom stereocenters. The first kappa shape index (κ1) is 23.7. The van der Waals surface area contributed by atoms with Crippen LogP contribution in [0, 0.1) is 17.8 Å². The molecule has 1 saturated carbocycles. The van der Waals surface area contributed by atoms with Crippen molar-refractivity contribution >= 4 is 16.7 Å². The summed E-state index contributed by atoms with van der Waals surface area (Å²) in [4.78, 5) is 2.53. The van der Waals surface area contributed by atoms with Crippen molar-refractivity contribution in [1.29, 1.82) is 0 Å². The zero-order valence-corrected chi connectivity index (χ0v) is 20.3. The third-order valence-electron chi connectivity index (χ3n) is 7.95. The molecular formula is C26H31F3N6O. The monoisotopic (exact) mass is 500 g/mol. The molecule has 3 atom stereocenters. The van der Waals surface area contributed by atoms with Gasteiger partial charge in [0, 0.05) is 56.5 Å². The number of aromatic nitrogens is 4. The van der Waals surface area contributed by atoms with Gasteiger partial charge in [-0.25, -0.2) is 0 Å². The highest BCUT2D eigenvalue weighted by Gasteiger charge is 2.43. The van der Waals surface area contributed by atoms with Crippen LogP contribution < -0.4 is 5.32 Å². The molecule has 2 aliphatic heterocycles. The summed E-state index contributed by atoms with van der Waals surface area (Å²) in [5.74, 6) is 1.46. The minimum Gasteiger partial charge on any atom is -0.381 e. The van der Waals surface area contributed by atoms with Crippen LogP contribution in [0.5, 0.6) is 0 Å². The number of hydrogen-bond acceptors (Lipinski definition) is 6. The quantitative estimate of drug-likeness (QED) is 0.553. The maximum atomic E-state index is 14.0. The highest BCUT2D eigenvalue weighted by Crippen LogP contribution is 2.42. The Morgan fingerprint density at radius 1 is 1.11 bits per heavy atom. The predicted molar refractivity (Wildman–Crippen MR) is 130 cm³/mol. The maximum absolute atomic E-state index is 14.0. The molecule has 3 aliphatic rings. The molecule has 0 spiro atoms. The van der Waals surface area contributed by atoms with Crippen molar-refractivity contribution in [1.82, 2.24) is 24.9 Å². The Bertz CT molecular complexity index is 1220. The number of likely N-dealkylation sites (tertiary alicyclic amines) is 1. The normalized spacial score (nSPS) is 27.0. The van der Waals surface area contributed by atoms with Crippen molar-refractivity contribution in [3.05, 3.63) is 36.0 Å². The number of nitrogens with one attached hydrogen (secondary N) is 1. The van der Waals surface area contributed by atoms with Crippen LogP contribution in [0.3, 0.4) is 0 Å². The van der Waals surface area contributed by atoms with Crippen molar-refractivity contribution in [2.75, 3.05) is 38.2 Å². The molecule has 1 N–H and O–H groups in total. The smallest absolute Gasteiger partial charge is 0.381 e. The first-order chi connectivity index (χ1) is 17.3. The molecule has 3 aromatic rings. The molecule has 2 saturated heterocycles. The van der Waals surface area contributed by atoms with E-state index < -0.39 is 11.7 Å². The van der Waals surface area contributed by atoms with Gasteiger partial charge in [0.1, 0.15) is 5.56 Å². The van der Waals surface area contributed by atoms with Gasteiger partial charge in [0.25, 0.3) is 0 Å². The van der Waals surface area contributed by atoms with E-state index in [4.69, 9.17) is 4.74 Å². The Balaban J connectivity index is 1.15. The molecule has 36 heavy (non-hydrogen) atoms. The van der Waals surface area contributed by atoms with Gasteiger partial charge in [0.05, 0.1) is 17.8 Å². The van der Waals surface area contributed by atoms with E-state index in [1.807, 2.05) is 13.2 Å². The zero-order chi connectivity index (χ0) is 24.9. The Morgan fingerprint density at radius 3 is 2.64 bits per heavy atom. The lowest BCUT2D eigenvalue weighted by Gasteiger charge is -2.28. The Hall–Kier alpha value is -2.72. The van der Waals surface area contributed by atoms with Crippen LogP contribution in [0.15, 0.2) is 30.5 Å². The number of rotatable bonds is 5. The van der Waals surface area contributed by atoms with Gasteiger partial charge in [-0.05, 0) is 61.6 Å². The molecule has 192 valence electrons. The molecule has 3 fully saturated rings. The van der Waals surface area contributed by atoms with Gasteiger partial charge in [-0.1, -0.05) is 6.07 Å². The second-order valence-corrected chi connectivity index (χ2v) is 10.7. The molecule has 2 aromatic heterocycles. The van der Waals surface area contributed by atoms with E-state index in [2.05, 4.69) is 25.5 Å². The fourth-order valence-corrected chi connectivity index (χ4v) is 6.34. The summed E-state index contributed by atoms with van der Waals surface area (Å²) < 4.78 is 49.4. The van der Waals surface area contributed by atoms with E-state index in [0.717, 1.165) is 69.1 Å². The molecular weight excluding hydrogens is 469 g/mol. The summed E-state index contributed by atoms with van der Waals surface area (Å²) >= 11 is 0. The lowest BCUT2D eigenvalue weighted by atomic mass is 10.0. The number of aryl methyl sites for hydroxylation is 1. The van der Waals surface area contributed by atoms with Gasteiger partial charge in [0.2, 0.25) is 0 Å². The van der Waals surface area contributed by atoms with E-state index >= 15 is 0 Å².